The van der Waals surface area contributed by atoms with Crippen LogP contribution in [0.5, 0.6) is 5.75 Å². The van der Waals surface area contributed by atoms with Crippen LogP contribution in [0.25, 0.3) is 20.2 Å². The predicted molar refractivity (Wildman–Crippen MR) is 77.0 cm³/mol. The third kappa shape index (κ3) is 1.51. The Hall–Kier alpha value is -1.58. The van der Waals surface area contributed by atoms with E-state index in [2.05, 4.69) is 0 Å². The summed E-state index contributed by atoms with van der Waals surface area (Å²) in [5.74, 6) is 0.141. The van der Waals surface area contributed by atoms with Gasteiger partial charge in [-0.2, -0.15) is 0 Å². The topological polar surface area (TPSA) is 37.3 Å². The summed E-state index contributed by atoms with van der Waals surface area (Å²) in [7, 11) is 0. The largest absolute Gasteiger partial charge is 0.506 e. The summed E-state index contributed by atoms with van der Waals surface area (Å²) >= 11 is 7.52. The Morgan fingerprint density at radius 1 is 1.28 bits per heavy atom. The Morgan fingerprint density at radius 2 is 2.00 bits per heavy atom. The van der Waals surface area contributed by atoms with E-state index in [9.17, 15) is 9.90 Å². The zero-order valence-corrected chi connectivity index (χ0v) is 11.1. The molecule has 4 heteroatoms. The Kier molecular flexibility index (Phi) is 2.54. The zero-order valence-electron chi connectivity index (χ0n) is 9.53. The van der Waals surface area contributed by atoms with E-state index in [-0.39, 0.29) is 11.2 Å². The molecule has 0 spiro atoms. The molecule has 0 amide bonds. The van der Waals surface area contributed by atoms with Crippen molar-refractivity contribution in [2.24, 2.45) is 0 Å². The van der Waals surface area contributed by atoms with Gasteiger partial charge in [-0.15, -0.1) is 11.3 Å². The molecule has 1 aromatic heterocycles. The molecule has 3 rings (SSSR count). The van der Waals surface area contributed by atoms with E-state index in [0.717, 1.165) is 4.70 Å². The van der Waals surface area contributed by atoms with Crippen LogP contribution in [0.2, 0.25) is 5.02 Å². The van der Waals surface area contributed by atoms with Crippen molar-refractivity contribution in [1.82, 2.24) is 0 Å². The average Bonchev–Trinajstić information content (AvgIpc) is 2.36. The maximum atomic E-state index is 12.4. The lowest BCUT2D eigenvalue weighted by atomic mass is 10.1. The van der Waals surface area contributed by atoms with E-state index in [0.29, 0.717) is 26.1 Å². The van der Waals surface area contributed by atoms with Crippen LogP contribution in [-0.2, 0) is 0 Å². The van der Waals surface area contributed by atoms with Gasteiger partial charge in [0.1, 0.15) is 5.75 Å². The van der Waals surface area contributed by atoms with Crippen LogP contribution in [0.4, 0.5) is 0 Å². The third-order valence-electron chi connectivity index (χ3n) is 2.97. The zero-order chi connectivity index (χ0) is 12.9. The van der Waals surface area contributed by atoms with Crippen LogP contribution in [0, 0.1) is 6.92 Å². The molecule has 2 aromatic carbocycles. The molecule has 90 valence electrons. The first-order valence-electron chi connectivity index (χ1n) is 5.43. The van der Waals surface area contributed by atoms with Gasteiger partial charge in [-0.25, -0.2) is 0 Å². The number of hydrogen-bond acceptors (Lipinski definition) is 3. The number of hydrogen-bond donors (Lipinski definition) is 1. The second-order valence-electron chi connectivity index (χ2n) is 4.16. The van der Waals surface area contributed by atoms with Crippen molar-refractivity contribution >= 4 is 43.1 Å². The fraction of sp³-hybridized carbons (Fsp3) is 0.0714. The number of aryl methyl sites for hydroxylation is 1. The molecule has 0 atom stereocenters. The van der Waals surface area contributed by atoms with Crippen molar-refractivity contribution in [1.29, 1.82) is 0 Å². The first kappa shape index (κ1) is 11.5. The highest BCUT2D eigenvalue weighted by Gasteiger charge is 2.14. The fourth-order valence-electron chi connectivity index (χ4n) is 2.04. The standard InChI is InChI=1S/C14H9ClO2S/c1-7-6-9(15)11-13(17)8-4-2-3-5-10(8)18-14(11)12(7)16/h2-6,16H,1H3. The van der Waals surface area contributed by atoms with E-state index in [4.69, 9.17) is 11.6 Å². The molecule has 18 heavy (non-hydrogen) atoms. The van der Waals surface area contributed by atoms with Gasteiger partial charge in [-0.1, -0.05) is 23.7 Å². The second-order valence-corrected chi connectivity index (χ2v) is 5.61. The number of aromatic hydroxyl groups is 1. The molecule has 0 aliphatic heterocycles. The van der Waals surface area contributed by atoms with Gasteiger partial charge in [0.05, 0.1) is 15.1 Å². The van der Waals surface area contributed by atoms with Crippen LogP contribution in [0.1, 0.15) is 5.56 Å². The maximum Gasteiger partial charge on any atom is 0.197 e. The van der Waals surface area contributed by atoms with Gasteiger partial charge in [0.15, 0.2) is 5.43 Å². The van der Waals surface area contributed by atoms with Crippen LogP contribution in [0.15, 0.2) is 35.1 Å². The van der Waals surface area contributed by atoms with Crippen molar-refractivity contribution in [3.8, 4) is 5.75 Å². The molecule has 0 radical (unpaired) electrons. The lowest BCUT2D eigenvalue weighted by molar-refractivity contribution is 0.478. The Morgan fingerprint density at radius 3 is 2.78 bits per heavy atom. The van der Waals surface area contributed by atoms with Crippen molar-refractivity contribution in [3.63, 3.8) is 0 Å². The van der Waals surface area contributed by atoms with E-state index >= 15 is 0 Å². The number of benzene rings is 2. The molecular formula is C14H9ClO2S. The number of halogens is 1. The van der Waals surface area contributed by atoms with Gasteiger partial charge < -0.3 is 5.11 Å². The van der Waals surface area contributed by atoms with Crippen molar-refractivity contribution in [3.05, 3.63) is 51.1 Å². The predicted octanol–water partition coefficient (Wildman–Crippen LogP) is 4.08. The van der Waals surface area contributed by atoms with Gasteiger partial charge in [-0.3, -0.25) is 4.79 Å². The molecule has 0 fully saturated rings. The molecule has 0 saturated carbocycles. The van der Waals surface area contributed by atoms with Crippen molar-refractivity contribution in [2.45, 2.75) is 6.92 Å². The first-order chi connectivity index (χ1) is 8.59. The van der Waals surface area contributed by atoms with Crippen molar-refractivity contribution < 1.29 is 5.11 Å². The summed E-state index contributed by atoms with van der Waals surface area (Å²) < 4.78 is 1.41. The van der Waals surface area contributed by atoms with Gasteiger partial charge in [-0.05, 0) is 30.7 Å². The van der Waals surface area contributed by atoms with Crippen LogP contribution >= 0.6 is 22.9 Å². The van der Waals surface area contributed by atoms with Gasteiger partial charge in [0, 0.05) is 10.1 Å². The molecule has 1 heterocycles. The van der Waals surface area contributed by atoms with E-state index < -0.39 is 0 Å². The SMILES string of the molecule is Cc1cc(Cl)c2c(=O)c3ccccc3sc2c1O. The average molecular weight is 277 g/mol. The highest BCUT2D eigenvalue weighted by Crippen LogP contribution is 2.37. The maximum absolute atomic E-state index is 12.4. The normalized spacial score (nSPS) is 11.2. The summed E-state index contributed by atoms with van der Waals surface area (Å²) in [5, 5.41) is 11.5. The molecule has 0 aliphatic rings. The quantitative estimate of drug-likeness (QED) is 0.628. The molecule has 0 bridgehead atoms. The number of phenols is 1. The minimum atomic E-state index is -0.125. The van der Waals surface area contributed by atoms with Gasteiger partial charge >= 0.3 is 0 Å². The fourth-order valence-corrected chi connectivity index (χ4v) is 3.63. The summed E-state index contributed by atoms with van der Waals surface area (Å²) in [5.41, 5.74) is 0.554. The molecule has 0 aliphatic carbocycles. The van der Waals surface area contributed by atoms with Crippen LogP contribution < -0.4 is 5.43 Å². The van der Waals surface area contributed by atoms with Gasteiger partial charge in [0.25, 0.3) is 0 Å². The van der Waals surface area contributed by atoms with Crippen molar-refractivity contribution in [2.75, 3.05) is 0 Å². The highest BCUT2D eigenvalue weighted by atomic mass is 35.5. The highest BCUT2D eigenvalue weighted by molar-refractivity contribution is 7.25. The molecule has 0 saturated heterocycles. The van der Waals surface area contributed by atoms with Crippen LogP contribution in [-0.4, -0.2) is 5.11 Å². The minimum absolute atomic E-state index is 0.125. The number of fused-ring (bicyclic) bond motifs is 2. The number of phenolic OH excluding ortho intramolecular Hbond substituents is 1. The smallest absolute Gasteiger partial charge is 0.197 e. The Balaban J connectivity index is 2.69. The number of rotatable bonds is 0. The Bertz CT molecular complexity index is 836. The third-order valence-corrected chi connectivity index (χ3v) is 4.44. The lowest BCUT2D eigenvalue weighted by Gasteiger charge is -2.07. The summed E-state index contributed by atoms with van der Waals surface area (Å²) in [6.45, 7) is 1.77. The van der Waals surface area contributed by atoms with Crippen LogP contribution in [0.3, 0.4) is 0 Å². The van der Waals surface area contributed by atoms with E-state index in [1.165, 1.54) is 11.3 Å². The van der Waals surface area contributed by atoms with E-state index in [1.807, 2.05) is 18.2 Å². The molecule has 3 aromatic rings. The second kappa shape index (κ2) is 3.97. The minimum Gasteiger partial charge on any atom is -0.506 e. The summed E-state index contributed by atoms with van der Waals surface area (Å²) in [4.78, 5) is 12.4. The molecular weight excluding hydrogens is 268 g/mol. The summed E-state index contributed by atoms with van der Waals surface area (Å²) in [6.07, 6.45) is 0. The first-order valence-corrected chi connectivity index (χ1v) is 6.62. The van der Waals surface area contributed by atoms with Gasteiger partial charge in [0.2, 0.25) is 0 Å². The monoisotopic (exact) mass is 276 g/mol. The summed E-state index contributed by atoms with van der Waals surface area (Å²) in [6, 6.07) is 8.97. The molecule has 0 unspecified atom stereocenters. The molecule has 2 nitrogen and oxygen atoms in total. The molecule has 1 N–H and O–H groups in total. The van der Waals surface area contributed by atoms with E-state index in [1.54, 1.807) is 19.1 Å². The Labute approximate surface area is 112 Å². The lowest BCUT2D eigenvalue weighted by Crippen LogP contribution is -2.02.